The van der Waals surface area contributed by atoms with Gasteiger partial charge in [0.15, 0.2) is 0 Å². The van der Waals surface area contributed by atoms with E-state index in [1.807, 2.05) is 12.3 Å². The van der Waals surface area contributed by atoms with E-state index in [9.17, 15) is 9.59 Å². The number of carbonyl (C=O) groups excluding carboxylic acids is 1. The van der Waals surface area contributed by atoms with E-state index in [0.29, 0.717) is 67.8 Å². The number of ether oxygens (including phenoxy) is 2. The fourth-order valence-corrected chi connectivity index (χ4v) is 4.70. The van der Waals surface area contributed by atoms with Gasteiger partial charge >= 0.3 is 0 Å². The number of amides is 1. The quantitative estimate of drug-likeness (QED) is 0.422. The molecule has 4 aromatic heterocycles. The fraction of sp³-hybridized carbons (Fsp3) is 0.375. The molecule has 2 aliphatic heterocycles. The summed E-state index contributed by atoms with van der Waals surface area (Å²) >= 11 is 0. The number of methoxy groups -OCH3 is 1. The Kier molecular flexibility index (Phi) is 5.42. The van der Waals surface area contributed by atoms with Crippen LogP contribution in [0.5, 0.6) is 0 Å². The lowest BCUT2D eigenvalue weighted by Gasteiger charge is -2.26. The third-order valence-corrected chi connectivity index (χ3v) is 6.54. The number of carbonyl (C=O) groups is 1. The van der Waals surface area contributed by atoms with Gasteiger partial charge in [-0.1, -0.05) is 6.07 Å². The molecular formula is C24H25N7O4. The predicted octanol–water partition coefficient (Wildman–Crippen LogP) is 1.08. The zero-order valence-electron chi connectivity index (χ0n) is 19.4. The maximum atomic E-state index is 13.7. The lowest BCUT2D eigenvalue weighted by atomic mass is 10.3. The van der Waals surface area contributed by atoms with Gasteiger partial charge in [-0.15, -0.1) is 0 Å². The molecule has 4 aromatic rings. The number of aromatic nitrogens is 5. The highest BCUT2D eigenvalue weighted by Gasteiger charge is 2.30. The number of nitrogens with zero attached hydrogens (tertiary/aromatic N) is 7. The first kappa shape index (κ1) is 21.7. The highest BCUT2D eigenvalue weighted by Crippen LogP contribution is 2.26. The Hall–Kier alpha value is -3.83. The molecule has 2 aliphatic rings. The van der Waals surface area contributed by atoms with Crippen LogP contribution >= 0.6 is 0 Å². The van der Waals surface area contributed by atoms with Crippen LogP contribution in [0.15, 0.2) is 41.5 Å². The lowest BCUT2D eigenvalue weighted by Crippen LogP contribution is -2.37. The van der Waals surface area contributed by atoms with Crippen LogP contribution in [-0.2, 0) is 29.1 Å². The van der Waals surface area contributed by atoms with Gasteiger partial charge < -0.3 is 23.8 Å². The van der Waals surface area contributed by atoms with Gasteiger partial charge in [-0.25, -0.2) is 15.0 Å². The number of rotatable bonds is 5. The second kappa shape index (κ2) is 8.75. The van der Waals surface area contributed by atoms with E-state index < -0.39 is 0 Å². The Morgan fingerprint density at radius 1 is 1.17 bits per heavy atom. The molecule has 1 amide bonds. The standard InChI is InChI=1S/C24H25N7O4/c1-34-9-8-30-19(12-17-21(30)27-20-4-2-3-5-31(20)22(17)32)23(33)29-14-16-13-25-24(26-18(16)15-29)28-6-10-35-11-7-28/h2-5,12-13H,6-11,14-15H2,1H3. The first-order chi connectivity index (χ1) is 17.1. The normalized spacial score (nSPS) is 15.8. The number of hydrogen-bond donors (Lipinski definition) is 0. The molecular weight excluding hydrogens is 450 g/mol. The van der Waals surface area contributed by atoms with Gasteiger partial charge in [-0.2, -0.15) is 0 Å². The van der Waals surface area contributed by atoms with Crippen LogP contribution in [0.2, 0.25) is 0 Å². The summed E-state index contributed by atoms with van der Waals surface area (Å²) in [7, 11) is 1.60. The van der Waals surface area contributed by atoms with Gasteiger partial charge in [0.2, 0.25) is 5.95 Å². The van der Waals surface area contributed by atoms with E-state index in [0.717, 1.165) is 24.3 Å². The van der Waals surface area contributed by atoms with Crippen molar-refractivity contribution in [3.05, 3.63) is 64.0 Å². The molecule has 1 saturated heterocycles. The lowest BCUT2D eigenvalue weighted by molar-refractivity contribution is 0.0737. The molecule has 0 aromatic carbocycles. The van der Waals surface area contributed by atoms with Crippen LogP contribution in [-0.4, -0.2) is 74.7 Å². The summed E-state index contributed by atoms with van der Waals surface area (Å²) in [4.78, 5) is 44.7. The molecule has 11 heteroatoms. The van der Waals surface area contributed by atoms with Crippen molar-refractivity contribution in [3.63, 3.8) is 0 Å². The predicted molar refractivity (Wildman–Crippen MR) is 127 cm³/mol. The third-order valence-electron chi connectivity index (χ3n) is 6.54. The largest absolute Gasteiger partial charge is 0.383 e. The van der Waals surface area contributed by atoms with Crippen molar-refractivity contribution >= 4 is 28.5 Å². The maximum Gasteiger partial charge on any atom is 0.271 e. The van der Waals surface area contributed by atoms with E-state index >= 15 is 0 Å². The van der Waals surface area contributed by atoms with Gasteiger partial charge in [0.25, 0.3) is 11.5 Å². The molecule has 0 atom stereocenters. The topological polar surface area (TPSA) is 107 Å². The smallest absolute Gasteiger partial charge is 0.271 e. The van der Waals surface area contributed by atoms with Crippen LogP contribution in [0.25, 0.3) is 16.7 Å². The van der Waals surface area contributed by atoms with Crippen LogP contribution in [0.3, 0.4) is 0 Å². The fourth-order valence-electron chi connectivity index (χ4n) is 4.70. The van der Waals surface area contributed by atoms with Gasteiger partial charge in [-0.05, 0) is 18.2 Å². The average Bonchev–Trinajstić information content (AvgIpc) is 3.49. The number of fused-ring (bicyclic) bond motifs is 3. The molecule has 6 rings (SSSR count). The van der Waals surface area contributed by atoms with Crippen molar-refractivity contribution in [3.8, 4) is 0 Å². The Morgan fingerprint density at radius 3 is 2.86 bits per heavy atom. The highest BCUT2D eigenvalue weighted by molar-refractivity contribution is 5.98. The zero-order valence-corrected chi connectivity index (χ0v) is 19.4. The molecule has 35 heavy (non-hydrogen) atoms. The molecule has 0 radical (unpaired) electrons. The average molecular weight is 476 g/mol. The molecule has 0 bridgehead atoms. The summed E-state index contributed by atoms with van der Waals surface area (Å²) < 4.78 is 14.0. The molecule has 11 nitrogen and oxygen atoms in total. The Bertz CT molecular complexity index is 1490. The monoisotopic (exact) mass is 475 g/mol. The van der Waals surface area contributed by atoms with Crippen LogP contribution in [0, 0.1) is 0 Å². The summed E-state index contributed by atoms with van der Waals surface area (Å²) in [5.74, 6) is 0.484. The Balaban J connectivity index is 1.35. The third kappa shape index (κ3) is 3.72. The van der Waals surface area contributed by atoms with E-state index in [2.05, 4.69) is 14.9 Å². The first-order valence-electron chi connectivity index (χ1n) is 11.6. The molecule has 1 fully saturated rings. The van der Waals surface area contributed by atoms with Crippen molar-refractivity contribution in [2.75, 3.05) is 44.9 Å². The molecule has 0 aliphatic carbocycles. The molecule has 0 spiro atoms. The SMILES string of the molecule is COCCn1c(C(=O)N2Cc3cnc(N4CCOCC4)nc3C2)cc2c(=O)n3ccccc3nc21. The van der Waals surface area contributed by atoms with Gasteiger partial charge in [-0.3, -0.25) is 14.0 Å². The molecule has 0 N–H and O–H groups in total. The minimum Gasteiger partial charge on any atom is -0.383 e. The van der Waals surface area contributed by atoms with Crippen molar-refractivity contribution in [1.29, 1.82) is 0 Å². The highest BCUT2D eigenvalue weighted by atomic mass is 16.5. The Morgan fingerprint density at radius 2 is 2.03 bits per heavy atom. The Labute approximate surface area is 200 Å². The van der Waals surface area contributed by atoms with Gasteiger partial charge in [0.1, 0.15) is 17.0 Å². The molecule has 0 unspecified atom stereocenters. The van der Waals surface area contributed by atoms with Crippen molar-refractivity contribution < 1.29 is 14.3 Å². The van der Waals surface area contributed by atoms with E-state index in [1.54, 1.807) is 41.0 Å². The molecule has 0 saturated carbocycles. The van der Waals surface area contributed by atoms with E-state index in [-0.39, 0.29) is 11.5 Å². The summed E-state index contributed by atoms with van der Waals surface area (Å²) in [6.07, 6.45) is 3.49. The maximum absolute atomic E-state index is 13.7. The summed E-state index contributed by atoms with van der Waals surface area (Å²) in [6.45, 7) is 4.38. The number of anilines is 1. The van der Waals surface area contributed by atoms with Gasteiger partial charge in [0, 0.05) is 51.2 Å². The molecule has 180 valence electrons. The second-order valence-electron chi connectivity index (χ2n) is 8.66. The second-order valence-corrected chi connectivity index (χ2v) is 8.66. The minimum absolute atomic E-state index is 0.182. The van der Waals surface area contributed by atoms with E-state index in [4.69, 9.17) is 14.5 Å². The van der Waals surface area contributed by atoms with Gasteiger partial charge in [0.05, 0.1) is 37.4 Å². The van der Waals surface area contributed by atoms with Crippen molar-refractivity contribution in [1.82, 2.24) is 28.8 Å². The number of morpholine rings is 1. The minimum atomic E-state index is -0.207. The van der Waals surface area contributed by atoms with E-state index in [1.165, 1.54) is 4.40 Å². The summed E-state index contributed by atoms with van der Waals surface area (Å²) in [6, 6.07) is 7.03. The number of hydrogen-bond acceptors (Lipinski definition) is 8. The van der Waals surface area contributed by atoms with Crippen molar-refractivity contribution in [2.45, 2.75) is 19.6 Å². The van der Waals surface area contributed by atoms with Crippen molar-refractivity contribution in [2.24, 2.45) is 0 Å². The molecule has 6 heterocycles. The zero-order chi connectivity index (χ0) is 23.9. The van der Waals surface area contributed by atoms with Crippen LogP contribution in [0.1, 0.15) is 21.7 Å². The first-order valence-corrected chi connectivity index (χ1v) is 11.6. The number of pyridine rings is 1. The van der Waals surface area contributed by atoms with Crippen LogP contribution in [0.4, 0.5) is 5.95 Å². The summed E-state index contributed by atoms with van der Waals surface area (Å²) in [5.41, 5.74) is 2.98. The van der Waals surface area contributed by atoms with Crippen LogP contribution < -0.4 is 10.5 Å². The summed E-state index contributed by atoms with van der Waals surface area (Å²) in [5, 5.41) is 0.402.